The van der Waals surface area contributed by atoms with Gasteiger partial charge in [0, 0.05) is 71.8 Å². The van der Waals surface area contributed by atoms with Crippen LogP contribution in [0.2, 0.25) is 5.02 Å². The van der Waals surface area contributed by atoms with Crippen LogP contribution in [0.1, 0.15) is 50.3 Å². The van der Waals surface area contributed by atoms with Crippen molar-refractivity contribution in [3.05, 3.63) is 82.4 Å². The lowest BCUT2D eigenvalue weighted by Gasteiger charge is -2.32. The van der Waals surface area contributed by atoms with E-state index in [2.05, 4.69) is 86.0 Å². The Hall–Kier alpha value is -2.65. The minimum Gasteiger partial charge on any atom is -0.457 e. The Morgan fingerprint density at radius 1 is 0.677 bits per heavy atom. The number of benzene rings is 3. The minimum atomic E-state index is 0.0453. The van der Waals surface area contributed by atoms with Crippen molar-refractivity contribution in [1.29, 1.82) is 0 Å². The van der Waals surface area contributed by atoms with Crippen molar-refractivity contribution in [3.8, 4) is 11.5 Å². The molecule has 3 aromatic rings. The highest BCUT2D eigenvalue weighted by molar-refractivity contribution is 6.31. The van der Waals surface area contributed by atoms with Crippen LogP contribution < -0.4 is 14.5 Å². The maximum atomic E-state index is 6.69. The van der Waals surface area contributed by atoms with Crippen LogP contribution in [0.25, 0.3) is 0 Å². The standard InChI is InChI=1S/C27H31ClN2O/c1-5-29(6-2)19-13-15-22-25(17-19)31-26-18-20(30(7-3)8-4)14-16-23(26)27(22)21-11-9-10-12-24(21)28/h9-18,27H,5-8H2,1-4H3. The van der Waals surface area contributed by atoms with Gasteiger partial charge in [-0.25, -0.2) is 0 Å². The van der Waals surface area contributed by atoms with Gasteiger partial charge in [0.25, 0.3) is 0 Å². The minimum absolute atomic E-state index is 0.0453. The van der Waals surface area contributed by atoms with E-state index in [1.165, 1.54) is 11.4 Å². The molecule has 0 bridgehead atoms. The van der Waals surface area contributed by atoms with E-state index in [1.54, 1.807) is 0 Å². The van der Waals surface area contributed by atoms with Crippen molar-refractivity contribution in [1.82, 2.24) is 0 Å². The van der Waals surface area contributed by atoms with Gasteiger partial charge in [0.2, 0.25) is 0 Å². The summed E-state index contributed by atoms with van der Waals surface area (Å²) in [5.74, 6) is 1.88. The molecule has 0 atom stereocenters. The molecule has 1 heterocycles. The Kier molecular flexibility index (Phi) is 6.43. The molecule has 4 rings (SSSR count). The number of ether oxygens (including phenoxy) is 1. The molecule has 0 saturated heterocycles. The van der Waals surface area contributed by atoms with Crippen LogP contribution in [0.3, 0.4) is 0 Å². The van der Waals surface area contributed by atoms with Crippen LogP contribution in [-0.2, 0) is 0 Å². The Morgan fingerprint density at radius 2 is 1.16 bits per heavy atom. The van der Waals surface area contributed by atoms with Gasteiger partial charge in [0.05, 0.1) is 0 Å². The first-order valence-corrected chi connectivity index (χ1v) is 11.7. The summed E-state index contributed by atoms with van der Waals surface area (Å²) in [7, 11) is 0. The number of hydrogen-bond donors (Lipinski definition) is 0. The number of fused-ring (bicyclic) bond motifs is 2. The molecule has 31 heavy (non-hydrogen) atoms. The number of rotatable bonds is 7. The van der Waals surface area contributed by atoms with E-state index in [1.807, 2.05) is 12.1 Å². The van der Waals surface area contributed by atoms with Crippen molar-refractivity contribution in [2.45, 2.75) is 33.6 Å². The summed E-state index contributed by atoms with van der Waals surface area (Å²) in [6, 6.07) is 21.3. The molecule has 0 saturated carbocycles. The lowest BCUT2D eigenvalue weighted by Crippen LogP contribution is -2.23. The molecule has 3 aromatic carbocycles. The molecule has 1 aliphatic heterocycles. The predicted octanol–water partition coefficient (Wildman–Crippen LogP) is 7.32. The van der Waals surface area contributed by atoms with Gasteiger partial charge in [-0.05, 0) is 51.5 Å². The van der Waals surface area contributed by atoms with Gasteiger partial charge in [-0.15, -0.1) is 0 Å². The van der Waals surface area contributed by atoms with Crippen LogP contribution in [0.5, 0.6) is 11.5 Å². The zero-order valence-electron chi connectivity index (χ0n) is 18.9. The van der Waals surface area contributed by atoms with Crippen molar-refractivity contribution in [2.24, 2.45) is 0 Å². The van der Waals surface area contributed by atoms with E-state index in [0.717, 1.165) is 59.4 Å². The predicted molar refractivity (Wildman–Crippen MR) is 132 cm³/mol. The molecule has 1 aliphatic rings. The van der Waals surface area contributed by atoms with Gasteiger partial charge in [-0.3, -0.25) is 0 Å². The molecule has 0 radical (unpaired) electrons. The van der Waals surface area contributed by atoms with Gasteiger partial charge in [-0.2, -0.15) is 0 Å². The van der Waals surface area contributed by atoms with E-state index in [-0.39, 0.29) is 5.92 Å². The van der Waals surface area contributed by atoms with Crippen LogP contribution in [0.4, 0.5) is 11.4 Å². The summed E-state index contributed by atoms with van der Waals surface area (Å²) < 4.78 is 6.53. The number of halogens is 1. The Labute approximate surface area is 191 Å². The smallest absolute Gasteiger partial charge is 0.133 e. The molecular formula is C27H31ClN2O. The first-order chi connectivity index (χ1) is 15.1. The summed E-state index contributed by atoms with van der Waals surface area (Å²) in [6.45, 7) is 12.6. The fourth-order valence-electron chi connectivity index (χ4n) is 4.60. The third-order valence-corrected chi connectivity index (χ3v) is 6.65. The third-order valence-electron chi connectivity index (χ3n) is 6.31. The molecule has 0 amide bonds. The average Bonchev–Trinajstić information content (AvgIpc) is 2.79. The van der Waals surface area contributed by atoms with E-state index >= 15 is 0 Å². The van der Waals surface area contributed by atoms with Gasteiger partial charge < -0.3 is 14.5 Å². The average molecular weight is 435 g/mol. The Morgan fingerprint density at radius 3 is 1.61 bits per heavy atom. The highest BCUT2D eigenvalue weighted by Gasteiger charge is 2.31. The van der Waals surface area contributed by atoms with E-state index in [0.29, 0.717) is 0 Å². The maximum absolute atomic E-state index is 6.69. The highest BCUT2D eigenvalue weighted by Crippen LogP contribution is 2.50. The zero-order valence-corrected chi connectivity index (χ0v) is 19.6. The fraction of sp³-hybridized carbons (Fsp3) is 0.333. The second-order valence-corrected chi connectivity index (χ2v) is 8.25. The Balaban J connectivity index is 1.88. The SMILES string of the molecule is CCN(CC)c1ccc2c(c1)Oc1cc(N(CC)CC)ccc1C2c1ccccc1Cl. The van der Waals surface area contributed by atoms with Crippen molar-refractivity contribution >= 4 is 23.0 Å². The van der Waals surface area contributed by atoms with Crippen LogP contribution in [-0.4, -0.2) is 26.2 Å². The van der Waals surface area contributed by atoms with Gasteiger partial charge in [0.15, 0.2) is 0 Å². The molecule has 0 aromatic heterocycles. The first-order valence-electron chi connectivity index (χ1n) is 11.3. The topological polar surface area (TPSA) is 15.7 Å². The van der Waals surface area contributed by atoms with Crippen LogP contribution in [0.15, 0.2) is 60.7 Å². The molecule has 3 nitrogen and oxygen atoms in total. The second-order valence-electron chi connectivity index (χ2n) is 7.85. The summed E-state index contributed by atoms with van der Waals surface area (Å²) in [5, 5.41) is 0.784. The number of hydrogen-bond acceptors (Lipinski definition) is 3. The molecule has 0 spiro atoms. The quantitative estimate of drug-likeness (QED) is 0.303. The fourth-order valence-corrected chi connectivity index (χ4v) is 4.85. The normalized spacial score (nSPS) is 12.7. The summed E-state index contributed by atoms with van der Waals surface area (Å²) in [5.41, 5.74) is 5.80. The molecule has 162 valence electrons. The van der Waals surface area contributed by atoms with E-state index in [9.17, 15) is 0 Å². The summed E-state index contributed by atoms with van der Waals surface area (Å²) in [4.78, 5) is 4.69. The van der Waals surface area contributed by atoms with Crippen molar-refractivity contribution in [3.63, 3.8) is 0 Å². The lowest BCUT2D eigenvalue weighted by molar-refractivity contribution is 0.453. The number of anilines is 2. The van der Waals surface area contributed by atoms with Crippen LogP contribution >= 0.6 is 11.6 Å². The van der Waals surface area contributed by atoms with E-state index < -0.39 is 0 Å². The van der Waals surface area contributed by atoms with Gasteiger partial charge in [0.1, 0.15) is 11.5 Å². The zero-order chi connectivity index (χ0) is 22.0. The van der Waals surface area contributed by atoms with Crippen molar-refractivity contribution < 1.29 is 4.74 Å². The molecule has 0 aliphatic carbocycles. The molecule has 0 unspecified atom stereocenters. The summed E-state index contributed by atoms with van der Waals surface area (Å²) in [6.07, 6.45) is 0. The second kappa shape index (κ2) is 9.23. The molecule has 0 N–H and O–H groups in total. The molecular weight excluding hydrogens is 404 g/mol. The van der Waals surface area contributed by atoms with Gasteiger partial charge in [-0.1, -0.05) is 41.9 Å². The third kappa shape index (κ3) is 3.99. The maximum Gasteiger partial charge on any atom is 0.133 e. The van der Waals surface area contributed by atoms with Crippen LogP contribution in [0, 0.1) is 0 Å². The highest BCUT2D eigenvalue weighted by atomic mass is 35.5. The first kappa shape index (κ1) is 21.6. The number of nitrogens with zero attached hydrogens (tertiary/aromatic N) is 2. The summed E-state index contributed by atoms with van der Waals surface area (Å²) >= 11 is 6.69. The van der Waals surface area contributed by atoms with Gasteiger partial charge >= 0.3 is 0 Å². The molecule has 4 heteroatoms. The Bertz CT molecular complexity index is 995. The molecule has 0 fully saturated rings. The van der Waals surface area contributed by atoms with Crippen molar-refractivity contribution in [2.75, 3.05) is 36.0 Å². The largest absolute Gasteiger partial charge is 0.457 e. The lowest BCUT2D eigenvalue weighted by atomic mass is 9.82. The van der Waals surface area contributed by atoms with E-state index in [4.69, 9.17) is 16.3 Å². The monoisotopic (exact) mass is 434 g/mol.